The summed E-state index contributed by atoms with van der Waals surface area (Å²) >= 11 is 0. The van der Waals surface area contributed by atoms with E-state index in [0.29, 0.717) is 0 Å². The highest BCUT2D eigenvalue weighted by Crippen LogP contribution is 2.65. The second-order valence-corrected chi connectivity index (χ2v) is 10.8. The molecule has 0 saturated carbocycles. The number of hydrogen-bond donors (Lipinski definition) is 0. The molecule has 0 N–H and O–H groups in total. The normalized spacial score (nSPS) is 14.4. The van der Waals surface area contributed by atoms with E-state index in [-0.39, 0.29) is 0 Å². The van der Waals surface area contributed by atoms with Gasteiger partial charge in [0.05, 0.1) is 5.41 Å². The van der Waals surface area contributed by atoms with Crippen molar-refractivity contribution < 1.29 is 8.83 Å². The number of rotatable bonds is 0. The van der Waals surface area contributed by atoms with Gasteiger partial charge in [0.1, 0.15) is 22.3 Å². The lowest BCUT2D eigenvalue weighted by atomic mass is 9.70. The van der Waals surface area contributed by atoms with Crippen LogP contribution in [0.5, 0.6) is 0 Å². The van der Waals surface area contributed by atoms with Crippen molar-refractivity contribution >= 4 is 43.9 Å². The lowest BCUT2D eigenvalue weighted by Gasteiger charge is -2.30. The number of para-hydroxylation sites is 2. The van der Waals surface area contributed by atoms with E-state index in [2.05, 4.69) is 109 Å². The van der Waals surface area contributed by atoms with Gasteiger partial charge in [0.25, 0.3) is 0 Å². The highest BCUT2D eigenvalue weighted by atomic mass is 16.3. The average molecular weight is 497 g/mol. The Morgan fingerprint density at radius 3 is 1.74 bits per heavy atom. The van der Waals surface area contributed by atoms with E-state index < -0.39 is 5.41 Å². The van der Waals surface area contributed by atoms with Crippen LogP contribution in [0.15, 0.2) is 130 Å². The summed E-state index contributed by atoms with van der Waals surface area (Å²) in [6.45, 7) is 0. The Kier molecular flexibility index (Phi) is 3.41. The molecule has 0 radical (unpaired) electrons. The molecule has 10 rings (SSSR count). The van der Waals surface area contributed by atoms with E-state index in [0.717, 1.165) is 43.9 Å². The molecule has 180 valence electrons. The zero-order valence-electron chi connectivity index (χ0n) is 20.9. The largest absolute Gasteiger partial charge is 0.456 e. The van der Waals surface area contributed by atoms with Gasteiger partial charge in [-0.2, -0.15) is 0 Å². The fraction of sp³-hybridized carbons (Fsp3) is 0.0270. The minimum Gasteiger partial charge on any atom is -0.456 e. The van der Waals surface area contributed by atoms with Gasteiger partial charge in [-0.15, -0.1) is 0 Å². The molecule has 0 amide bonds. The quantitative estimate of drug-likeness (QED) is 0.209. The first-order valence-electron chi connectivity index (χ1n) is 13.4. The van der Waals surface area contributed by atoms with Crippen molar-refractivity contribution in [2.24, 2.45) is 0 Å². The summed E-state index contributed by atoms with van der Waals surface area (Å²) in [4.78, 5) is 0. The van der Waals surface area contributed by atoms with Gasteiger partial charge in [0, 0.05) is 32.7 Å². The van der Waals surface area contributed by atoms with Crippen molar-refractivity contribution in [3.63, 3.8) is 0 Å². The molecule has 1 spiro atoms. The molecule has 2 nitrogen and oxygen atoms in total. The van der Waals surface area contributed by atoms with Gasteiger partial charge in [-0.1, -0.05) is 103 Å². The fourth-order valence-electron chi connectivity index (χ4n) is 7.70. The first-order chi connectivity index (χ1) is 19.4. The molecule has 2 aliphatic carbocycles. The molecule has 0 unspecified atom stereocenters. The van der Waals surface area contributed by atoms with E-state index in [1.807, 2.05) is 12.1 Å². The number of hydrogen-bond acceptors (Lipinski definition) is 2. The molecule has 2 aliphatic rings. The van der Waals surface area contributed by atoms with Crippen LogP contribution in [-0.2, 0) is 5.41 Å². The van der Waals surface area contributed by atoms with Crippen molar-refractivity contribution in [1.82, 2.24) is 0 Å². The van der Waals surface area contributed by atoms with Crippen molar-refractivity contribution in [3.8, 4) is 22.3 Å². The molecule has 6 aromatic carbocycles. The van der Waals surface area contributed by atoms with Crippen LogP contribution in [0.3, 0.4) is 0 Å². The van der Waals surface area contributed by atoms with E-state index in [4.69, 9.17) is 8.83 Å². The monoisotopic (exact) mass is 496 g/mol. The fourth-order valence-corrected chi connectivity index (χ4v) is 7.70. The summed E-state index contributed by atoms with van der Waals surface area (Å²) in [5, 5.41) is 4.60. The van der Waals surface area contributed by atoms with Gasteiger partial charge >= 0.3 is 0 Å². The van der Waals surface area contributed by atoms with Crippen LogP contribution in [0.4, 0.5) is 0 Å². The molecule has 8 aromatic rings. The third-order valence-electron chi connectivity index (χ3n) is 9.10. The summed E-state index contributed by atoms with van der Waals surface area (Å²) in [7, 11) is 0. The van der Waals surface area contributed by atoms with Crippen molar-refractivity contribution in [2.75, 3.05) is 0 Å². The second-order valence-electron chi connectivity index (χ2n) is 10.8. The van der Waals surface area contributed by atoms with Gasteiger partial charge in [-0.25, -0.2) is 0 Å². The third-order valence-corrected chi connectivity index (χ3v) is 9.10. The SMILES string of the molecule is c1ccc2c(c1)-c1ccccc1C21c2ccc3c(oc4ccccc43)c2-c2c1ccc1oc3ccccc3c21. The first-order valence-corrected chi connectivity index (χ1v) is 13.4. The molecule has 39 heavy (non-hydrogen) atoms. The average Bonchev–Trinajstić information content (AvgIpc) is 3.71. The summed E-state index contributed by atoms with van der Waals surface area (Å²) in [5.41, 5.74) is 13.5. The van der Waals surface area contributed by atoms with Crippen LogP contribution < -0.4 is 0 Å². The molecule has 0 aliphatic heterocycles. The maximum Gasteiger partial charge on any atom is 0.143 e. The van der Waals surface area contributed by atoms with Gasteiger partial charge in [-0.3, -0.25) is 0 Å². The Bertz CT molecular complexity index is 2300. The summed E-state index contributed by atoms with van der Waals surface area (Å²) in [5.74, 6) is 0. The Balaban J connectivity index is 1.51. The van der Waals surface area contributed by atoms with Gasteiger partial charge < -0.3 is 8.83 Å². The first kappa shape index (κ1) is 20.0. The molecule has 2 heteroatoms. The zero-order chi connectivity index (χ0) is 25.3. The lowest BCUT2D eigenvalue weighted by Crippen LogP contribution is -2.25. The molecule has 2 aromatic heterocycles. The maximum absolute atomic E-state index is 6.74. The standard InChI is InChI=1S/C37H20O2/c1-5-13-26-21(9-1)22-10-2-6-14-27(22)37(26)28-19-20-32-33(25-12-4-8-16-31(25)38-32)34(28)35-29(37)18-17-24-23-11-3-7-15-30(23)39-36(24)35/h1-20H. The Morgan fingerprint density at radius 1 is 0.385 bits per heavy atom. The summed E-state index contributed by atoms with van der Waals surface area (Å²) in [6, 6.07) is 43.7. The second kappa shape index (κ2) is 6.67. The smallest absolute Gasteiger partial charge is 0.143 e. The molecule has 2 heterocycles. The molecular formula is C37H20O2. The summed E-state index contributed by atoms with van der Waals surface area (Å²) in [6.07, 6.45) is 0. The van der Waals surface area contributed by atoms with Crippen LogP contribution in [0.2, 0.25) is 0 Å². The molecule has 0 atom stereocenters. The van der Waals surface area contributed by atoms with E-state index in [1.165, 1.54) is 44.5 Å². The van der Waals surface area contributed by atoms with Crippen LogP contribution >= 0.6 is 0 Å². The van der Waals surface area contributed by atoms with Crippen molar-refractivity contribution in [3.05, 3.63) is 144 Å². The Morgan fingerprint density at radius 2 is 0.974 bits per heavy atom. The van der Waals surface area contributed by atoms with Crippen LogP contribution in [-0.4, -0.2) is 0 Å². The van der Waals surface area contributed by atoms with E-state index >= 15 is 0 Å². The lowest BCUT2D eigenvalue weighted by molar-refractivity contribution is 0.668. The topological polar surface area (TPSA) is 26.3 Å². The molecule has 0 saturated heterocycles. The van der Waals surface area contributed by atoms with Gasteiger partial charge in [-0.05, 0) is 51.6 Å². The van der Waals surface area contributed by atoms with Gasteiger partial charge in [0.2, 0.25) is 0 Å². The zero-order valence-corrected chi connectivity index (χ0v) is 20.9. The maximum atomic E-state index is 6.74. The number of benzene rings is 6. The predicted octanol–water partition coefficient (Wildman–Crippen LogP) is 9.83. The third kappa shape index (κ3) is 2.15. The summed E-state index contributed by atoms with van der Waals surface area (Å²) < 4.78 is 13.2. The van der Waals surface area contributed by atoms with Crippen LogP contribution in [0.1, 0.15) is 22.3 Å². The molecular weight excluding hydrogens is 476 g/mol. The highest BCUT2D eigenvalue weighted by molar-refractivity contribution is 6.21. The molecule has 0 fully saturated rings. The van der Waals surface area contributed by atoms with E-state index in [1.54, 1.807) is 0 Å². The highest BCUT2D eigenvalue weighted by Gasteiger charge is 2.53. The predicted molar refractivity (Wildman–Crippen MR) is 157 cm³/mol. The number of fused-ring (bicyclic) bond motifs is 18. The van der Waals surface area contributed by atoms with Crippen molar-refractivity contribution in [1.29, 1.82) is 0 Å². The van der Waals surface area contributed by atoms with Gasteiger partial charge in [0.15, 0.2) is 0 Å². The van der Waals surface area contributed by atoms with E-state index in [9.17, 15) is 0 Å². The Labute approximate surface area is 223 Å². The van der Waals surface area contributed by atoms with Crippen LogP contribution in [0.25, 0.3) is 66.1 Å². The number of furan rings is 2. The minimum atomic E-state index is -0.433. The molecule has 0 bridgehead atoms. The van der Waals surface area contributed by atoms with Crippen LogP contribution in [0, 0.1) is 0 Å². The van der Waals surface area contributed by atoms with Crippen molar-refractivity contribution in [2.45, 2.75) is 5.41 Å². The minimum absolute atomic E-state index is 0.433. The Hall–Kier alpha value is -5.08.